The van der Waals surface area contributed by atoms with Crippen LogP contribution < -0.4 is 0 Å². The zero-order chi connectivity index (χ0) is 2.71. The van der Waals surface area contributed by atoms with Gasteiger partial charge in [-0.1, -0.05) is 59.4 Å². The second kappa shape index (κ2) is 2780. The first kappa shape index (κ1) is 788. The Morgan fingerprint density at radius 1 is 0.533 bits per heavy atom. The van der Waals surface area contributed by atoms with Crippen LogP contribution >= 0.6 is 0 Å². The lowest BCUT2D eigenvalue weighted by Gasteiger charge is -0.944. The van der Waals surface area contributed by atoms with E-state index in [2.05, 4.69) is 0 Å². The highest BCUT2D eigenvalue weighted by molar-refractivity contribution is 5.94. The molecule has 0 aromatic heterocycles. The quantitative estimate of drug-likeness (QED) is 0.614. The molecule has 15 heavy (non-hydrogen) atoms. The van der Waals surface area contributed by atoms with E-state index in [1.807, 2.05) is 0 Å². The minimum absolute atomic E-state index is 0. The van der Waals surface area contributed by atoms with E-state index >= 15 is 0 Å². The van der Waals surface area contributed by atoms with Gasteiger partial charge in [-0.15, -0.1) is 0 Å². The van der Waals surface area contributed by atoms with E-state index < -0.39 is 9.29 Å². The highest BCUT2D eigenvalue weighted by atomic mass is 28.2. The van der Waals surface area contributed by atoms with Crippen LogP contribution in [0, 0.1) is 0 Å². The van der Waals surface area contributed by atoms with Gasteiger partial charge in [-0.3, -0.25) is 8.92 Å². The molecule has 0 aromatic carbocycles. The molecule has 0 heterocycles. The number of rotatable bonds is 0. The van der Waals surface area contributed by atoms with E-state index in [1.165, 1.54) is 0 Å². The third kappa shape index (κ3) is 266000. The standard InChI is InChI=1S/8CH4.O2Si.3H2O.H4Si.2H2/c;;;;;;;;1-3-2;;;;;;/h8*1H4;;3*1H2;1H4;2*1H/i;;;;;;;;;;;;;2*1+1. The highest BCUT2D eigenvalue weighted by Crippen LogP contribution is 0.759. The van der Waals surface area contributed by atoms with Crippen LogP contribution in [0.2, 0.25) is 0 Å². The van der Waals surface area contributed by atoms with Gasteiger partial charge in [0, 0.05) is 2.85 Å². The Bertz CT molecular complexity index is 50.9. The smallest absolute Gasteiger partial charge is 0.412 e. The molecule has 0 radical (unpaired) electrons. The molecule has 0 aromatic rings. The van der Waals surface area contributed by atoms with Gasteiger partial charge in [-0.25, -0.2) is 0 Å². The summed E-state index contributed by atoms with van der Waals surface area (Å²) < 4.78 is 16.8. The van der Waals surface area contributed by atoms with Crippen LogP contribution in [0.4, 0.5) is 0 Å². The predicted molar refractivity (Wildman–Crippen MR) is 87.4 cm³/mol. The molecule has 0 bridgehead atoms. The Balaban J connectivity index is -0.000000000220. The molecule has 0 aliphatic heterocycles. The van der Waals surface area contributed by atoms with Gasteiger partial charge < -0.3 is 16.4 Å². The molecule has 0 amide bonds. The van der Waals surface area contributed by atoms with E-state index in [-0.39, 0.29) is 89.7 Å². The molecular formula is C8H46O5Si2. The maximum Gasteiger partial charge on any atom is 0.549 e. The second-order valence-corrected chi connectivity index (χ2v) is 0.250. The maximum atomic E-state index is 8.40. The van der Waals surface area contributed by atoms with E-state index in [4.69, 9.17) is 8.92 Å². The third-order valence-corrected chi connectivity index (χ3v) is 0. The van der Waals surface area contributed by atoms with Crippen molar-refractivity contribution in [2.45, 2.75) is 59.4 Å². The van der Waals surface area contributed by atoms with Crippen molar-refractivity contribution in [1.29, 1.82) is 0 Å². The Kier molecular flexibility index (Phi) is 146000. The van der Waals surface area contributed by atoms with Gasteiger partial charge in [0.1, 0.15) is 0 Å². The Hall–Kier alpha value is -0.0862. The Morgan fingerprint density at radius 3 is 0.533 bits per heavy atom. The van der Waals surface area contributed by atoms with Crippen molar-refractivity contribution in [1.82, 2.24) is 0 Å². The minimum Gasteiger partial charge on any atom is -0.412 e. The molecule has 7 heteroatoms. The molecule has 0 fully saturated rings. The molecule has 0 aliphatic carbocycles. The van der Waals surface area contributed by atoms with E-state index in [9.17, 15) is 0 Å². The summed E-state index contributed by atoms with van der Waals surface area (Å²) in [5.41, 5.74) is 0. The largest absolute Gasteiger partial charge is 0.549 e. The fourth-order valence-corrected chi connectivity index (χ4v) is 0. The minimum atomic E-state index is -1.42. The molecule has 0 saturated heterocycles. The Morgan fingerprint density at radius 2 is 0.533 bits per heavy atom. The van der Waals surface area contributed by atoms with Gasteiger partial charge in [-0.05, 0) is 11.0 Å². The van der Waals surface area contributed by atoms with Crippen molar-refractivity contribution in [2.24, 2.45) is 0 Å². The Labute approximate surface area is 109 Å². The van der Waals surface area contributed by atoms with Gasteiger partial charge in [0.2, 0.25) is 0 Å². The highest BCUT2D eigenvalue weighted by Gasteiger charge is 1.22. The first-order chi connectivity index (χ1) is 1.41. The molecule has 0 saturated carbocycles. The predicted octanol–water partition coefficient (Wildman–Crippen LogP) is 1.04. The van der Waals surface area contributed by atoms with Gasteiger partial charge in [0.05, 0.1) is 0 Å². The SMILES string of the molecule is C.C.C.C.C.C.C.C.O.O.O.O=[Si]=O.[2HH].[2HH].[SiH4]. The van der Waals surface area contributed by atoms with Crippen molar-refractivity contribution < 1.29 is 28.2 Å². The van der Waals surface area contributed by atoms with E-state index in [0.717, 1.165) is 0 Å². The number of hydrogen-bond acceptors (Lipinski definition) is 2. The summed E-state index contributed by atoms with van der Waals surface area (Å²) >= 11 is 0. The van der Waals surface area contributed by atoms with Gasteiger partial charge in [0.15, 0.2) is 0 Å². The average Bonchev–Trinajstić information content (AvgIpc) is 0.918. The molecule has 0 unspecified atom stereocenters. The van der Waals surface area contributed by atoms with Gasteiger partial charge in [0.25, 0.3) is 0 Å². The molecule has 0 aliphatic rings. The lowest BCUT2D eigenvalue weighted by Crippen LogP contribution is -1.26. The van der Waals surface area contributed by atoms with Crippen LogP contribution in [0.3, 0.4) is 0 Å². The van der Waals surface area contributed by atoms with Crippen LogP contribution in [0.1, 0.15) is 62.3 Å². The van der Waals surface area contributed by atoms with Crippen LogP contribution in [-0.4, -0.2) is 36.7 Å². The normalized spacial score (nSPS) is 0.533. The van der Waals surface area contributed by atoms with Crippen molar-refractivity contribution in [3.05, 3.63) is 0 Å². The van der Waals surface area contributed by atoms with E-state index in [0.29, 0.717) is 0 Å². The fourth-order valence-electron chi connectivity index (χ4n) is 0. The summed E-state index contributed by atoms with van der Waals surface area (Å²) in [5, 5.41) is 0. The zero-order valence-electron chi connectivity index (χ0n) is 2.82. The molecule has 0 atom stereocenters. The first-order valence-corrected chi connectivity index (χ1v) is 1.22. The average molecular weight is 281 g/mol. The van der Waals surface area contributed by atoms with Crippen LogP contribution in [0.5, 0.6) is 0 Å². The van der Waals surface area contributed by atoms with Crippen LogP contribution in [0.15, 0.2) is 0 Å². The monoisotopic (exact) mass is 280 g/mol. The van der Waals surface area contributed by atoms with Crippen molar-refractivity contribution >= 4 is 20.3 Å². The maximum absolute atomic E-state index is 8.40. The van der Waals surface area contributed by atoms with Gasteiger partial charge >= 0.3 is 9.29 Å². The van der Waals surface area contributed by atoms with Crippen LogP contribution in [-0.2, 0) is 8.92 Å². The van der Waals surface area contributed by atoms with Gasteiger partial charge in [-0.2, -0.15) is 0 Å². The lowest BCUT2D eigenvalue weighted by atomic mass is 12.0. The summed E-state index contributed by atoms with van der Waals surface area (Å²) in [7, 11) is -1.42. The summed E-state index contributed by atoms with van der Waals surface area (Å²) in [6.45, 7) is 0. The summed E-state index contributed by atoms with van der Waals surface area (Å²) in [6, 6.07) is 0. The molecule has 0 spiro atoms. The summed E-state index contributed by atoms with van der Waals surface area (Å²) in [6.07, 6.45) is 0. The molecule has 0 rings (SSSR count). The van der Waals surface area contributed by atoms with Crippen molar-refractivity contribution in [3.63, 3.8) is 0 Å². The summed E-state index contributed by atoms with van der Waals surface area (Å²) in [5.74, 6) is 0. The molecular weight excluding hydrogens is 232 g/mol. The lowest BCUT2D eigenvalue weighted by molar-refractivity contribution is 0.497. The second-order valence-electron chi connectivity index (χ2n) is 0.0833. The van der Waals surface area contributed by atoms with Crippen molar-refractivity contribution in [3.8, 4) is 0 Å². The zero-order valence-corrected chi connectivity index (χ0v) is 3.82. The first-order valence-electron chi connectivity index (χ1n) is 0.408. The van der Waals surface area contributed by atoms with Crippen molar-refractivity contribution in [2.75, 3.05) is 0 Å². The molecule has 6 N–H and O–H groups in total. The van der Waals surface area contributed by atoms with E-state index in [1.54, 1.807) is 0 Å². The fraction of sp³-hybridized carbons (Fsp3) is 1.00. The summed E-state index contributed by atoms with van der Waals surface area (Å²) in [4.78, 5) is 0. The number of hydrogen-bond donors (Lipinski definition) is 0. The van der Waals surface area contributed by atoms with Crippen LogP contribution in [0.25, 0.3) is 0 Å². The molecule has 5 nitrogen and oxygen atoms in total. The topological polar surface area (TPSA) is 129 Å². The third-order valence-electron chi connectivity index (χ3n) is 0. The molecule has 116 valence electrons.